The molecule has 3 fully saturated rings. The molecule has 3 aliphatic heterocycles. The van der Waals surface area contributed by atoms with E-state index >= 15 is 0 Å². The lowest BCUT2D eigenvalue weighted by Gasteiger charge is -2.34. The van der Waals surface area contributed by atoms with Crippen molar-refractivity contribution >= 4 is 28.3 Å². The number of piperidine rings is 1. The maximum absolute atomic E-state index is 5.58. The van der Waals surface area contributed by atoms with Crippen molar-refractivity contribution in [2.75, 3.05) is 42.9 Å². The number of nitrogens with one attached hydrogen (secondary N) is 1. The molecule has 3 heterocycles. The average Bonchev–Trinajstić information content (AvgIpc) is 3.81. The van der Waals surface area contributed by atoms with Crippen molar-refractivity contribution in [3.05, 3.63) is 82.9 Å². The SMILES string of the molecule is C/C=C(\C1=Nc2cccc(N3CCCCC3)c2CC1C1CC1)c1cc(-c2cc(CC)cc(CN3CCCC3)c2)ccc1NCC. The Bertz CT molecular complexity index is 1570. The molecule has 236 valence electrons. The monoisotopic (exact) mass is 600 g/mol. The number of anilines is 2. The van der Waals surface area contributed by atoms with Gasteiger partial charge in [-0.05, 0) is 143 Å². The lowest BCUT2D eigenvalue weighted by Crippen LogP contribution is -2.32. The van der Waals surface area contributed by atoms with Crippen molar-refractivity contribution in [2.24, 2.45) is 16.8 Å². The van der Waals surface area contributed by atoms with Gasteiger partial charge in [-0.25, -0.2) is 0 Å². The lowest BCUT2D eigenvalue weighted by atomic mass is 9.80. The quantitative estimate of drug-likeness (QED) is 0.251. The Balaban J connectivity index is 1.29. The molecule has 0 bridgehead atoms. The van der Waals surface area contributed by atoms with Gasteiger partial charge in [0.2, 0.25) is 0 Å². The summed E-state index contributed by atoms with van der Waals surface area (Å²) in [6.45, 7) is 13.5. The normalized spacial score (nSPS) is 20.7. The second kappa shape index (κ2) is 13.5. The van der Waals surface area contributed by atoms with Gasteiger partial charge in [0.05, 0.1) is 11.4 Å². The number of aliphatic imine (C=N–C) groups is 1. The van der Waals surface area contributed by atoms with Crippen LogP contribution < -0.4 is 10.2 Å². The van der Waals surface area contributed by atoms with Crippen LogP contribution in [0.25, 0.3) is 16.7 Å². The maximum Gasteiger partial charge on any atom is 0.0686 e. The number of rotatable bonds is 10. The zero-order chi connectivity index (χ0) is 30.8. The zero-order valence-electron chi connectivity index (χ0n) is 27.9. The van der Waals surface area contributed by atoms with Gasteiger partial charge in [-0.3, -0.25) is 9.89 Å². The van der Waals surface area contributed by atoms with Gasteiger partial charge in [-0.15, -0.1) is 0 Å². The number of nitrogens with zero attached hydrogens (tertiary/aromatic N) is 3. The van der Waals surface area contributed by atoms with Crippen molar-refractivity contribution in [1.29, 1.82) is 0 Å². The minimum atomic E-state index is 0.475. The summed E-state index contributed by atoms with van der Waals surface area (Å²) in [6.07, 6.45) is 13.8. The standard InChI is InChI=1S/C41H52N4/c1-4-29-23-30(28-44-19-10-11-20-44)25-33(24-29)32-17-18-38(42-6-3)36(26-32)34(5-2)41-35(31-15-16-31)27-37-39(43-41)13-12-14-40(37)45-21-8-7-9-22-45/h5,12-14,17-18,23-26,31,35,42H,4,6-11,15-16,19-22,27-28H2,1-3H3/b34-5-. The summed E-state index contributed by atoms with van der Waals surface area (Å²) < 4.78 is 0. The first-order chi connectivity index (χ1) is 22.1. The van der Waals surface area contributed by atoms with Crippen LogP contribution in [0.5, 0.6) is 0 Å². The molecule has 1 saturated carbocycles. The third-order valence-corrected chi connectivity index (χ3v) is 10.7. The maximum atomic E-state index is 5.58. The summed E-state index contributed by atoms with van der Waals surface area (Å²) in [7, 11) is 0. The van der Waals surface area contributed by atoms with Crippen molar-refractivity contribution in [1.82, 2.24) is 4.90 Å². The number of fused-ring (bicyclic) bond motifs is 1. The summed E-state index contributed by atoms with van der Waals surface area (Å²) in [5, 5.41) is 3.71. The van der Waals surface area contributed by atoms with Crippen LogP contribution >= 0.6 is 0 Å². The first-order valence-corrected chi connectivity index (χ1v) is 18.0. The number of hydrogen-bond donors (Lipinski definition) is 1. The molecule has 0 radical (unpaired) electrons. The van der Waals surface area contributed by atoms with E-state index in [1.165, 1.54) is 133 Å². The van der Waals surface area contributed by atoms with Crippen LogP contribution in [0.2, 0.25) is 0 Å². The third-order valence-electron chi connectivity index (χ3n) is 10.7. The van der Waals surface area contributed by atoms with Gasteiger partial charge in [-0.1, -0.05) is 37.3 Å². The molecule has 7 rings (SSSR count). The smallest absolute Gasteiger partial charge is 0.0686 e. The molecule has 0 spiro atoms. The fourth-order valence-corrected chi connectivity index (χ4v) is 8.14. The Labute approximate surface area is 271 Å². The van der Waals surface area contributed by atoms with E-state index in [9.17, 15) is 0 Å². The van der Waals surface area contributed by atoms with E-state index in [-0.39, 0.29) is 0 Å². The molecular weight excluding hydrogens is 548 g/mol. The van der Waals surface area contributed by atoms with Gasteiger partial charge in [0.15, 0.2) is 0 Å². The predicted octanol–water partition coefficient (Wildman–Crippen LogP) is 9.69. The van der Waals surface area contributed by atoms with Crippen molar-refractivity contribution in [2.45, 2.75) is 85.1 Å². The van der Waals surface area contributed by atoms with Crippen LogP contribution in [0.15, 0.2) is 65.7 Å². The molecule has 0 amide bonds. The van der Waals surface area contributed by atoms with E-state index in [1.54, 1.807) is 0 Å². The second-order valence-corrected chi connectivity index (χ2v) is 13.8. The van der Waals surface area contributed by atoms with Crippen molar-refractivity contribution < 1.29 is 0 Å². The first-order valence-electron chi connectivity index (χ1n) is 18.0. The average molecular weight is 601 g/mol. The Morgan fingerprint density at radius 2 is 1.64 bits per heavy atom. The largest absolute Gasteiger partial charge is 0.385 e. The molecular formula is C41H52N4. The highest BCUT2D eigenvalue weighted by Crippen LogP contribution is 2.48. The predicted molar refractivity (Wildman–Crippen MR) is 193 cm³/mol. The van der Waals surface area contributed by atoms with E-state index in [1.807, 2.05) is 0 Å². The van der Waals surface area contributed by atoms with Crippen LogP contribution in [-0.4, -0.2) is 43.3 Å². The third kappa shape index (κ3) is 6.49. The van der Waals surface area contributed by atoms with Gasteiger partial charge in [0.1, 0.15) is 0 Å². The van der Waals surface area contributed by atoms with Gasteiger partial charge < -0.3 is 10.2 Å². The Morgan fingerprint density at radius 3 is 2.38 bits per heavy atom. The molecule has 45 heavy (non-hydrogen) atoms. The summed E-state index contributed by atoms with van der Waals surface area (Å²) in [4.78, 5) is 10.8. The van der Waals surface area contributed by atoms with Crippen LogP contribution in [-0.2, 0) is 19.4 Å². The summed E-state index contributed by atoms with van der Waals surface area (Å²) in [5.41, 5.74) is 14.7. The Hall–Kier alpha value is -3.37. The highest BCUT2D eigenvalue weighted by molar-refractivity contribution is 6.27. The highest BCUT2D eigenvalue weighted by atomic mass is 15.1. The number of hydrogen-bond acceptors (Lipinski definition) is 4. The number of likely N-dealkylation sites (tertiary alicyclic amines) is 1. The number of benzene rings is 3. The first kappa shape index (κ1) is 30.3. The van der Waals surface area contributed by atoms with Crippen molar-refractivity contribution in [3.63, 3.8) is 0 Å². The Morgan fingerprint density at radius 1 is 0.867 bits per heavy atom. The Kier molecular flexibility index (Phi) is 9.12. The van der Waals surface area contributed by atoms with Gasteiger partial charge in [0, 0.05) is 60.2 Å². The molecule has 3 aromatic carbocycles. The van der Waals surface area contributed by atoms with Crippen molar-refractivity contribution in [3.8, 4) is 11.1 Å². The van der Waals surface area contributed by atoms with E-state index < -0.39 is 0 Å². The van der Waals surface area contributed by atoms with Gasteiger partial charge in [-0.2, -0.15) is 0 Å². The molecule has 4 aliphatic rings. The minimum Gasteiger partial charge on any atom is -0.385 e. The molecule has 4 heteroatoms. The molecule has 3 aromatic rings. The van der Waals surface area contributed by atoms with E-state index in [0.717, 1.165) is 31.8 Å². The van der Waals surface area contributed by atoms with Crippen LogP contribution in [0.1, 0.15) is 88.0 Å². The van der Waals surface area contributed by atoms with E-state index in [2.05, 4.69) is 96.6 Å². The number of allylic oxidation sites excluding steroid dienone is 2. The molecule has 1 unspecified atom stereocenters. The second-order valence-electron chi connectivity index (χ2n) is 13.8. The fourth-order valence-electron chi connectivity index (χ4n) is 8.14. The molecule has 2 saturated heterocycles. The zero-order valence-corrected chi connectivity index (χ0v) is 27.9. The van der Waals surface area contributed by atoms with Gasteiger partial charge in [0.25, 0.3) is 0 Å². The molecule has 1 N–H and O–H groups in total. The van der Waals surface area contributed by atoms with Crippen LogP contribution in [0, 0.1) is 11.8 Å². The molecule has 1 atom stereocenters. The lowest BCUT2D eigenvalue weighted by molar-refractivity contribution is 0.331. The highest BCUT2D eigenvalue weighted by Gasteiger charge is 2.39. The summed E-state index contributed by atoms with van der Waals surface area (Å²) in [5.74, 6) is 1.21. The summed E-state index contributed by atoms with van der Waals surface area (Å²) in [6, 6.07) is 21.2. The van der Waals surface area contributed by atoms with Crippen LogP contribution in [0.4, 0.5) is 17.1 Å². The molecule has 4 nitrogen and oxygen atoms in total. The minimum absolute atomic E-state index is 0.475. The molecule has 1 aliphatic carbocycles. The fraction of sp³-hybridized carbons (Fsp3) is 0.488. The summed E-state index contributed by atoms with van der Waals surface area (Å²) >= 11 is 0. The topological polar surface area (TPSA) is 30.9 Å². The van der Waals surface area contributed by atoms with Crippen LogP contribution in [0.3, 0.4) is 0 Å². The van der Waals surface area contributed by atoms with E-state index in [4.69, 9.17) is 4.99 Å². The van der Waals surface area contributed by atoms with E-state index in [0.29, 0.717) is 5.92 Å². The number of aryl methyl sites for hydroxylation is 1. The molecule has 0 aromatic heterocycles. The van der Waals surface area contributed by atoms with Gasteiger partial charge >= 0.3 is 0 Å².